The van der Waals surface area contributed by atoms with Crippen LogP contribution in [0.4, 0.5) is 5.13 Å². The van der Waals surface area contributed by atoms with E-state index in [-0.39, 0.29) is 0 Å². The van der Waals surface area contributed by atoms with Gasteiger partial charge in [0, 0.05) is 18.7 Å². The van der Waals surface area contributed by atoms with E-state index in [1.54, 1.807) is 0 Å². The molecule has 0 saturated carbocycles. The van der Waals surface area contributed by atoms with Crippen molar-refractivity contribution in [2.24, 2.45) is 5.92 Å². The van der Waals surface area contributed by atoms with Crippen LogP contribution >= 0.6 is 11.3 Å². The fourth-order valence-corrected chi connectivity index (χ4v) is 3.64. The molecule has 104 valence electrons. The van der Waals surface area contributed by atoms with Crippen LogP contribution in [0.2, 0.25) is 0 Å². The number of piperidine rings is 1. The van der Waals surface area contributed by atoms with Gasteiger partial charge in [0.1, 0.15) is 0 Å². The number of anilines is 1. The summed E-state index contributed by atoms with van der Waals surface area (Å²) in [5, 5.41) is 0.984. The minimum Gasteiger partial charge on any atom is -0.348 e. The number of hydrogen-bond acceptors (Lipinski definition) is 4. The molecule has 1 saturated heterocycles. The molecule has 1 fully saturated rings. The highest BCUT2D eigenvalue weighted by Gasteiger charge is 2.21. The first-order valence-corrected chi connectivity index (χ1v) is 7.86. The Kier molecular flexibility index (Phi) is 3.83. The number of carbonyl (C=O) groups is 1. The highest BCUT2D eigenvalue weighted by molar-refractivity contribution is 7.17. The lowest BCUT2D eigenvalue weighted by atomic mass is 10.0. The van der Waals surface area contributed by atoms with Crippen molar-refractivity contribution < 1.29 is 4.79 Å². The van der Waals surface area contributed by atoms with Gasteiger partial charge in [-0.2, -0.15) is 0 Å². The molecule has 0 radical (unpaired) electrons. The van der Waals surface area contributed by atoms with Gasteiger partial charge in [0.2, 0.25) is 0 Å². The zero-order chi connectivity index (χ0) is 13.9. The molecule has 2 aromatic rings. The number of aromatic nitrogens is 1. The minimum atomic E-state index is 0.701. The maximum Gasteiger partial charge on any atom is 0.186 e. The van der Waals surface area contributed by atoms with Crippen LogP contribution in [-0.4, -0.2) is 24.4 Å². The van der Waals surface area contributed by atoms with Crippen LogP contribution in [0.5, 0.6) is 0 Å². The number of rotatable bonds is 3. The Hall–Kier alpha value is -1.68. The van der Waals surface area contributed by atoms with Gasteiger partial charge in [-0.15, -0.1) is 0 Å². The van der Waals surface area contributed by atoms with Gasteiger partial charge in [-0.05, 0) is 18.8 Å². The maximum atomic E-state index is 11.3. The van der Waals surface area contributed by atoms with E-state index >= 15 is 0 Å². The van der Waals surface area contributed by atoms with Crippen LogP contribution in [0.15, 0.2) is 30.3 Å². The van der Waals surface area contributed by atoms with E-state index in [9.17, 15) is 4.79 Å². The number of benzene rings is 1. The summed E-state index contributed by atoms with van der Waals surface area (Å²) in [5.74, 6) is 0.701. The van der Waals surface area contributed by atoms with E-state index in [1.807, 2.05) is 30.3 Å². The molecule has 1 aromatic heterocycles. The topological polar surface area (TPSA) is 33.2 Å². The molecule has 0 amide bonds. The molecule has 1 aliphatic heterocycles. The Labute approximate surface area is 123 Å². The first-order valence-electron chi connectivity index (χ1n) is 7.04. The summed E-state index contributed by atoms with van der Waals surface area (Å²) >= 11 is 1.51. The average molecular weight is 286 g/mol. The zero-order valence-corrected chi connectivity index (χ0v) is 12.4. The monoisotopic (exact) mass is 286 g/mol. The van der Waals surface area contributed by atoms with Gasteiger partial charge in [0.05, 0.1) is 10.6 Å². The van der Waals surface area contributed by atoms with E-state index < -0.39 is 0 Å². The summed E-state index contributed by atoms with van der Waals surface area (Å²) in [6.07, 6.45) is 3.42. The lowest BCUT2D eigenvalue weighted by Gasteiger charge is -2.30. The highest BCUT2D eigenvalue weighted by Crippen LogP contribution is 2.33. The fraction of sp³-hybridized carbons (Fsp3) is 0.375. The van der Waals surface area contributed by atoms with Gasteiger partial charge in [0.15, 0.2) is 11.4 Å². The van der Waals surface area contributed by atoms with E-state index in [0.29, 0.717) is 5.92 Å². The van der Waals surface area contributed by atoms with Crippen molar-refractivity contribution in [1.29, 1.82) is 0 Å². The van der Waals surface area contributed by atoms with Crippen molar-refractivity contribution in [2.75, 3.05) is 18.0 Å². The van der Waals surface area contributed by atoms with E-state index in [1.165, 1.54) is 24.2 Å². The molecular formula is C16H18N2OS. The fourth-order valence-electron chi connectivity index (χ4n) is 2.70. The standard InChI is InChI=1S/C16H18N2OS/c1-12-6-5-9-18(10-12)16-17-15(14(11-19)20-16)13-7-3-2-4-8-13/h2-4,7-8,11-12H,5-6,9-10H2,1H3. The van der Waals surface area contributed by atoms with Crippen LogP contribution in [0.25, 0.3) is 11.3 Å². The number of hydrogen-bond donors (Lipinski definition) is 0. The molecule has 0 aliphatic carbocycles. The molecule has 0 bridgehead atoms. The van der Waals surface area contributed by atoms with E-state index in [0.717, 1.165) is 40.6 Å². The van der Waals surface area contributed by atoms with Crippen LogP contribution in [0.3, 0.4) is 0 Å². The largest absolute Gasteiger partial charge is 0.348 e. The molecule has 1 aliphatic rings. The second-order valence-electron chi connectivity index (χ2n) is 5.39. The SMILES string of the molecule is CC1CCCN(c2nc(-c3ccccc3)c(C=O)s2)C1. The van der Waals surface area contributed by atoms with Crippen molar-refractivity contribution in [2.45, 2.75) is 19.8 Å². The third-order valence-corrected chi connectivity index (χ3v) is 4.77. The van der Waals surface area contributed by atoms with Gasteiger partial charge in [0.25, 0.3) is 0 Å². The predicted octanol–water partition coefficient (Wildman–Crippen LogP) is 3.86. The van der Waals surface area contributed by atoms with Crippen molar-refractivity contribution in [3.63, 3.8) is 0 Å². The summed E-state index contributed by atoms with van der Waals surface area (Å²) in [5.41, 5.74) is 1.83. The minimum absolute atomic E-state index is 0.701. The van der Waals surface area contributed by atoms with Crippen LogP contribution in [-0.2, 0) is 0 Å². The summed E-state index contributed by atoms with van der Waals surface area (Å²) in [7, 11) is 0. The van der Waals surface area contributed by atoms with Gasteiger partial charge < -0.3 is 4.90 Å². The van der Waals surface area contributed by atoms with Crippen molar-refractivity contribution >= 4 is 22.8 Å². The Bertz CT molecular complexity index is 594. The number of thiazole rings is 1. The van der Waals surface area contributed by atoms with Crippen LogP contribution in [0.1, 0.15) is 29.4 Å². The smallest absolute Gasteiger partial charge is 0.186 e. The van der Waals surface area contributed by atoms with Crippen molar-refractivity contribution in [1.82, 2.24) is 4.98 Å². The summed E-state index contributed by atoms with van der Waals surface area (Å²) < 4.78 is 0. The zero-order valence-electron chi connectivity index (χ0n) is 11.6. The van der Waals surface area contributed by atoms with Gasteiger partial charge in [-0.1, -0.05) is 48.6 Å². The van der Waals surface area contributed by atoms with E-state index in [4.69, 9.17) is 4.98 Å². The summed E-state index contributed by atoms with van der Waals surface area (Å²) in [6.45, 7) is 4.36. The van der Waals surface area contributed by atoms with Gasteiger partial charge in [-0.25, -0.2) is 4.98 Å². The lowest BCUT2D eigenvalue weighted by molar-refractivity contribution is 0.112. The second kappa shape index (κ2) is 5.75. The quantitative estimate of drug-likeness (QED) is 0.803. The number of carbonyl (C=O) groups excluding carboxylic acids is 1. The molecule has 3 rings (SSSR count). The Morgan fingerprint density at radius 2 is 2.15 bits per heavy atom. The van der Waals surface area contributed by atoms with Crippen LogP contribution < -0.4 is 4.90 Å². The molecule has 2 heterocycles. The molecule has 0 N–H and O–H groups in total. The summed E-state index contributed by atoms with van der Waals surface area (Å²) in [4.78, 5) is 19.1. The molecule has 1 atom stereocenters. The van der Waals surface area contributed by atoms with Crippen LogP contribution in [0, 0.1) is 5.92 Å². The molecule has 1 aromatic carbocycles. The predicted molar refractivity (Wildman–Crippen MR) is 83.5 cm³/mol. The summed E-state index contributed by atoms with van der Waals surface area (Å²) in [6, 6.07) is 9.94. The molecular weight excluding hydrogens is 268 g/mol. The lowest BCUT2D eigenvalue weighted by Crippen LogP contribution is -2.34. The number of aldehydes is 1. The number of nitrogens with zero attached hydrogens (tertiary/aromatic N) is 2. The first kappa shape index (κ1) is 13.3. The molecule has 1 unspecified atom stereocenters. The van der Waals surface area contributed by atoms with Crippen molar-refractivity contribution in [3.8, 4) is 11.3 Å². The Balaban J connectivity index is 1.94. The third-order valence-electron chi connectivity index (χ3n) is 3.72. The van der Waals surface area contributed by atoms with Gasteiger partial charge in [-0.3, -0.25) is 4.79 Å². The Morgan fingerprint density at radius 1 is 1.35 bits per heavy atom. The highest BCUT2D eigenvalue weighted by atomic mass is 32.1. The first-order chi connectivity index (χ1) is 9.78. The maximum absolute atomic E-state index is 11.3. The second-order valence-corrected chi connectivity index (χ2v) is 6.40. The molecule has 3 nitrogen and oxygen atoms in total. The van der Waals surface area contributed by atoms with Gasteiger partial charge >= 0.3 is 0 Å². The third kappa shape index (κ3) is 2.61. The molecule has 4 heteroatoms. The Morgan fingerprint density at radius 3 is 2.85 bits per heavy atom. The molecule has 20 heavy (non-hydrogen) atoms. The van der Waals surface area contributed by atoms with Crippen molar-refractivity contribution in [3.05, 3.63) is 35.2 Å². The normalized spacial score (nSPS) is 19.1. The average Bonchev–Trinajstić information content (AvgIpc) is 2.92. The van der Waals surface area contributed by atoms with E-state index in [2.05, 4.69) is 11.8 Å². The molecule has 0 spiro atoms.